The van der Waals surface area contributed by atoms with Crippen LogP contribution in [0.3, 0.4) is 0 Å². The first-order valence-electron chi connectivity index (χ1n) is 7.45. The van der Waals surface area contributed by atoms with Crippen molar-refractivity contribution in [1.29, 1.82) is 0 Å². The number of ether oxygens (including phenoxy) is 1. The number of anilines is 2. The predicted octanol–water partition coefficient (Wildman–Crippen LogP) is 2.83. The van der Waals surface area contributed by atoms with Gasteiger partial charge in [0, 0.05) is 23.5 Å². The van der Waals surface area contributed by atoms with E-state index in [0.29, 0.717) is 35.1 Å². The van der Waals surface area contributed by atoms with E-state index in [4.69, 9.17) is 4.74 Å². The van der Waals surface area contributed by atoms with Crippen LogP contribution in [0.2, 0.25) is 0 Å². The van der Waals surface area contributed by atoms with Crippen molar-refractivity contribution in [2.75, 3.05) is 30.8 Å². The van der Waals surface area contributed by atoms with Crippen molar-refractivity contribution < 1.29 is 13.9 Å². The molecule has 0 saturated heterocycles. The highest BCUT2D eigenvalue weighted by Crippen LogP contribution is 2.17. The molecule has 0 bridgehead atoms. The lowest BCUT2D eigenvalue weighted by molar-refractivity contribution is 0.262. The first-order chi connectivity index (χ1) is 11.6. The van der Waals surface area contributed by atoms with Gasteiger partial charge in [-0.05, 0) is 42.5 Å². The zero-order valence-corrected chi connectivity index (χ0v) is 13.1. The number of carbonyl (C=O) groups excluding carboxylic acids is 1. The van der Waals surface area contributed by atoms with E-state index < -0.39 is 11.8 Å². The standard InChI is InChI=1S/C17H17FN4O2/c1-24-15-4-2-13(3-5-15)21-17(23)22-14-9-11(8-12(18)10-14)16-19-6-7-20-16/h2-5,8-10H,6-7H2,1H3,(H,19,20)(H2,21,22,23). The Kier molecular flexibility index (Phi) is 4.60. The zero-order chi connectivity index (χ0) is 16.9. The Balaban J connectivity index is 1.69. The number of hydrogen-bond donors (Lipinski definition) is 3. The Morgan fingerprint density at radius 2 is 1.92 bits per heavy atom. The molecule has 124 valence electrons. The molecular formula is C17H17FN4O2. The summed E-state index contributed by atoms with van der Waals surface area (Å²) in [7, 11) is 1.57. The first kappa shape index (κ1) is 15.8. The molecule has 2 aromatic rings. The molecule has 2 aromatic carbocycles. The fourth-order valence-corrected chi connectivity index (χ4v) is 2.36. The minimum atomic E-state index is -0.460. The highest BCUT2D eigenvalue weighted by Gasteiger charge is 2.12. The lowest BCUT2D eigenvalue weighted by atomic mass is 10.1. The van der Waals surface area contributed by atoms with Gasteiger partial charge in [-0.25, -0.2) is 9.18 Å². The van der Waals surface area contributed by atoms with Crippen LogP contribution < -0.4 is 20.7 Å². The lowest BCUT2D eigenvalue weighted by Gasteiger charge is -2.10. The van der Waals surface area contributed by atoms with Crippen molar-refractivity contribution in [2.45, 2.75) is 0 Å². The van der Waals surface area contributed by atoms with Crippen molar-refractivity contribution in [3.8, 4) is 5.75 Å². The highest BCUT2D eigenvalue weighted by atomic mass is 19.1. The van der Waals surface area contributed by atoms with Crippen molar-refractivity contribution in [2.24, 2.45) is 4.99 Å². The molecular weight excluding hydrogens is 311 g/mol. The summed E-state index contributed by atoms with van der Waals surface area (Å²) >= 11 is 0. The predicted molar refractivity (Wildman–Crippen MR) is 91.4 cm³/mol. The molecule has 0 radical (unpaired) electrons. The third-order valence-electron chi connectivity index (χ3n) is 3.45. The van der Waals surface area contributed by atoms with E-state index in [1.165, 1.54) is 12.1 Å². The third-order valence-corrected chi connectivity index (χ3v) is 3.45. The molecule has 0 atom stereocenters. The number of aliphatic imine (C=N–C) groups is 1. The summed E-state index contributed by atoms with van der Waals surface area (Å²) in [6, 6.07) is 10.8. The molecule has 0 aliphatic carbocycles. The number of carbonyl (C=O) groups is 1. The molecule has 2 amide bonds. The molecule has 1 aliphatic rings. The lowest BCUT2D eigenvalue weighted by Crippen LogP contribution is -2.21. The second-order valence-corrected chi connectivity index (χ2v) is 5.19. The summed E-state index contributed by atoms with van der Waals surface area (Å²) in [6.07, 6.45) is 0. The van der Waals surface area contributed by atoms with Crippen LogP contribution >= 0.6 is 0 Å². The maximum absolute atomic E-state index is 13.8. The monoisotopic (exact) mass is 328 g/mol. The number of hydrogen-bond acceptors (Lipinski definition) is 4. The van der Waals surface area contributed by atoms with Crippen LogP contribution in [0.25, 0.3) is 0 Å². The smallest absolute Gasteiger partial charge is 0.323 e. The molecule has 24 heavy (non-hydrogen) atoms. The fraction of sp³-hybridized carbons (Fsp3) is 0.176. The topological polar surface area (TPSA) is 74.8 Å². The van der Waals surface area contributed by atoms with Crippen LogP contribution in [0.4, 0.5) is 20.6 Å². The van der Waals surface area contributed by atoms with Gasteiger partial charge in [0.1, 0.15) is 17.4 Å². The molecule has 7 heteroatoms. The van der Waals surface area contributed by atoms with E-state index in [1.54, 1.807) is 37.4 Å². The van der Waals surface area contributed by atoms with Crippen molar-refractivity contribution in [1.82, 2.24) is 5.32 Å². The van der Waals surface area contributed by atoms with Crippen molar-refractivity contribution >= 4 is 23.2 Å². The van der Waals surface area contributed by atoms with Gasteiger partial charge in [-0.15, -0.1) is 0 Å². The summed E-state index contributed by atoms with van der Waals surface area (Å²) in [5.74, 6) is 0.886. The maximum atomic E-state index is 13.8. The normalized spacial score (nSPS) is 13.0. The summed E-state index contributed by atoms with van der Waals surface area (Å²) in [4.78, 5) is 16.3. The first-order valence-corrected chi connectivity index (χ1v) is 7.45. The average molecular weight is 328 g/mol. The molecule has 1 aliphatic heterocycles. The maximum Gasteiger partial charge on any atom is 0.323 e. The second-order valence-electron chi connectivity index (χ2n) is 5.19. The molecule has 0 saturated carbocycles. The third kappa shape index (κ3) is 3.81. The number of halogens is 1. The van der Waals surface area contributed by atoms with E-state index in [1.807, 2.05) is 0 Å². The number of amidine groups is 1. The Hall–Kier alpha value is -3.09. The Morgan fingerprint density at radius 3 is 2.58 bits per heavy atom. The number of amides is 2. The van der Waals surface area contributed by atoms with Gasteiger partial charge in [-0.2, -0.15) is 0 Å². The van der Waals surface area contributed by atoms with Gasteiger partial charge in [0.25, 0.3) is 0 Å². The van der Waals surface area contributed by atoms with Gasteiger partial charge >= 0.3 is 6.03 Å². The van der Waals surface area contributed by atoms with Crippen LogP contribution in [0, 0.1) is 5.82 Å². The second kappa shape index (κ2) is 6.99. The van der Waals surface area contributed by atoms with Gasteiger partial charge < -0.3 is 20.7 Å². The fourth-order valence-electron chi connectivity index (χ4n) is 2.36. The molecule has 0 fully saturated rings. The largest absolute Gasteiger partial charge is 0.497 e. The number of benzene rings is 2. The summed E-state index contributed by atoms with van der Waals surface area (Å²) in [5.41, 5.74) is 1.56. The van der Waals surface area contributed by atoms with Gasteiger partial charge in [-0.3, -0.25) is 4.99 Å². The van der Waals surface area contributed by atoms with Crippen LogP contribution in [-0.2, 0) is 0 Å². The molecule has 6 nitrogen and oxygen atoms in total. The molecule has 0 unspecified atom stereocenters. The van der Waals surface area contributed by atoms with E-state index in [-0.39, 0.29) is 0 Å². The number of rotatable bonds is 4. The summed E-state index contributed by atoms with van der Waals surface area (Å²) < 4.78 is 18.8. The van der Waals surface area contributed by atoms with Gasteiger partial charge in [0.15, 0.2) is 0 Å². The van der Waals surface area contributed by atoms with E-state index >= 15 is 0 Å². The highest BCUT2D eigenvalue weighted by molar-refractivity contribution is 6.03. The Morgan fingerprint density at radius 1 is 1.17 bits per heavy atom. The number of nitrogens with zero attached hydrogens (tertiary/aromatic N) is 1. The van der Waals surface area contributed by atoms with E-state index in [2.05, 4.69) is 20.9 Å². The zero-order valence-electron chi connectivity index (χ0n) is 13.1. The SMILES string of the molecule is COc1ccc(NC(=O)Nc2cc(F)cc(C3=NCCN3)c2)cc1. The molecule has 0 spiro atoms. The van der Waals surface area contributed by atoms with Gasteiger partial charge in [-0.1, -0.05) is 0 Å². The molecule has 3 rings (SSSR count). The number of methoxy groups -OCH3 is 1. The number of nitrogens with one attached hydrogen (secondary N) is 3. The van der Waals surface area contributed by atoms with Crippen LogP contribution in [-0.4, -0.2) is 32.1 Å². The van der Waals surface area contributed by atoms with Crippen LogP contribution in [0.5, 0.6) is 5.75 Å². The van der Waals surface area contributed by atoms with Gasteiger partial charge in [0.2, 0.25) is 0 Å². The molecule has 3 N–H and O–H groups in total. The minimum Gasteiger partial charge on any atom is -0.497 e. The quantitative estimate of drug-likeness (QED) is 0.808. The van der Waals surface area contributed by atoms with Crippen LogP contribution in [0.15, 0.2) is 47.5 Å². The van der Waals surface area contributed by atoms with E-state index in [9.17, 15) is 9.18 Å². The van der Waals surface area contributed by atoms with Gasteiger partial charge in [0.05, 0.1) is 13.7 Å². The Bertz CT molecular complexity index is 775. The van der Waals surface area contributed by atoms with Crippen LogP contribution in [0.1, 0.15) is 5.56 Å². The van der Waals surface area contributed by atoms with Crippen molar-refractivity contribution in [3.63, 3.8) is 0 Å². The summed E-state index contributed by atoms with van der Waals surface area (Å²) in [6.45, 7) is 1.39. The minimum absolute atomic E-state index is 0.354. The van der Waals surface area contributed by atoms with Crippen molar-refractivity contribution in [3.05, 3.63) is 53.8 Å². The molecule has 1 heterocycles. The number of urea groups is 1. The summed E-state index contributed by atoms with van der Waals surface area (Å²) in [5, 5.41) is 8.37. The van der Waals surface area contributed by atoms with E-state index in [0.717, 1.165) is 6.54 Å². The molecule has 0 aromatic heterocycles. The Labute approximate surface area is 138 Å². The average Bonchev–Trinajstić information content (AvgIpc) is 3.09.